The summed E-state index contributed by atoms with van der Waals surface area (Å²) in [5.74, 6) is -0.601. The number of nitrogens with one attached hydrogen (secondary N) is 2. The molecule has 0 aliphatic carbocycles. The number of nitrogens with zero attached hydrogens (tertiary/aromatic N) is 1. The molecule has 2 N–H and O–H groups in total. The molecule has 0 radical (unpaired) electrons. The van der Waals surface area contributed by atoms with Crippen molar-refractivity contribution in [2.24, 2.45) is 0 Å². The van der Waals surface area contributed by atoms with Gasteiger partial charge in [0.2, 0.25) is 11.8 Å². The summed E-state index contributed by atoms with van der Waals surface area (Å²) >= 11 is 1.32. The predicted molar refractivity (Wildman–Crippen MR) is 98.5 cm³/mol. The molecule has 7 heteroatoms. The number of anilines is 1. The molecule has 0 saturated carbocycles. The summed E-state index contributed by atoms with van der Waals surface area (Å²) in [6.07, 6.45) is 0. The maximum Gasteiger partial charge on any atom is 0.261 e. The van der Waals surface area contributed by atoms with E-state index in [1.165, 1.54) is 18.3 Å². The fourth-order valence-electron chi connectivity index (χ4n) is 2.12. The summed E-state index contributed by atoms with van der Waals surface area (Å²) in [4.78, 5) is 37.7. The minimum absolute atomic E-state index is 0.0284. The van der Waals surface area contributed by atoms with Gasteiger partial charge in [-0.25, -0.2) is 0 Å². The van der Waals surface area contributed by atoms with Crippen LogP contribution in [0.25, 0.3) is 0 Å². The number of benzene rings is 1. The van der Waals surface area contributed by atoms with Gasteiger partial charge in [0.05, 0.1) is 4.88 Å². The molecule has 1 heterocycles. The van der Waals surface area contributed by atoms with Gasteiger partial charge in [0.25, 0.3) is 5.91 Å². The van der Waals surface area contributed by atoms with Gasteiger partial charge in [0.15, 0.2) is 0 Å². The first-order valence-electron chi connectivity index (χ1n) is 7.82. The van der Waals surface area contributed by atoms with E-state index in [-0.39, 0.29) is 17.7 Å². The largest absolute Gasteiger partial charge is 0.342 e. The average molecular weight is 359 g/mol. The Morgan fingerprint density at radius 1 is 1.20 bits per heavy atom. The van der Waals surface area contributed by atoms with Gasteiger partial charge >= 0.3 is 0 Å². The van der Waals surface area contributed by atoms with Crippen LogP contribution < -0.4 is 10.6 Å². The fourth-order valence-corrected chi connectivity index (χ4v) is 2.75. The highest BCUT2D eigenvalue weighted by Crippen LogP contribution is 2.13. The van der Waals surface area contributed by atoms with Crippen molar-refractivity contribution in [1.82, 2.24) is 10.2 Å². The quantitative estimate of drug-likeness (QED) is 0.832. The first-order valence-corrected chi connectivity index (χ1v) is 8.70. The molecule has 0 spiro atoms. The van der Waals surface area contributed by atoms with Crippen LogP contribution in [0.15, 0.2) is 41.8 Å². The summed E-state index contributed by atoms with van der Waals surface area (Å²) in [5.41, 5.74) is 1.53. The molecule has 0 saturated heterocycles. The number of amides is 3. The summed E-state index contributed by atoms with van der Waals surface area (Å²) in [5, 5.41) is 7.26. The van der Waals surface area contributed by atoms with E-state index in [0.29, 0.717) is 17.1 Å². The molecule has 1 unspecified atom stereocenters. The van der Waals surface area contributed by atoms with Crippen molar-refractivity contribution in [2.75, 3.05) is 12.4 Å². The molecule has 2 aromatic rings. The van der Waals surface area contributed by atoms with Crippen molar-refractivity contribution in [3.8, 4) is 0 Å². The summed E-state index contributed by atoms with van der Waals surface area (Å²) < 4.78 is 0. The maximum atomic E-state index is 12.3. The highest BCUT2D eigenvalue weighted by Gasteiger charge is 2.17. The monoisotopic (exact) mass is 359 g/mol. The van der Waals surface area contributed by atoms with Gasteiger partial charge in [-0.2, -0.15) is 0 Å². The lowest BCUT2D eigenvalue weighted by molar-refractivity contribution is -0.128. The molecule has 3 amide bonds. The Labute approximate surface area is 150 Å². The summed E-state index contributed by atoms with van der Waals surface area (Å²) in [6, 6.07) is 10.1. The minimum Gasteiger partial charge on any atom is -0.342 e. The summed E-state index contributed by atoms with van der Waals surface area (Å²) in [7, 11) is 1.72. The van der Waals surface area contributed by atoms with Gasteiger partial charge in [-0.1, -0.05) is 18.2 Å². The van der Waals surface area contributed by atoms with Gasteiger partial charge in [0, 0.05) is 26.2 Å². The van der Waals surface area contributed by atoms with Crippen LogP contribution in [-0.4, -0.2) is 35.7 Å². The zero-order chi connectivity index (χ0) is 18.4. The molecule has 132 valence electrons. The minimum atomic E-state index is -0.668. The van der Waals surface area contributed by atoms with Crippen molar-refractivity contribution in [2.45, 2.75) is 26.4 Å². The van der Waals surface area contributed by atoms with E-state index in [0.717, 1.165) is 5.56 Å². The second-order valence-electron chi connectivity index (χ2n) is 5.74. The summed E-state index contributed by atoms with van der Waals surface area (Å²) in [6.45, 7) is 3.60. The first kappa shape index (κ1) is 18.7. The van der Waals surface area contributed by atoms with Gasteiger partial charge in [-0.3, -0.25) is 14.4 Å². The second kappa shape index (κ2) is 8.43. The van der Waals surface area contributed by atoms with Crippen LogP contribution >= 0.6 is 11.3 Å². The smallest absolute Gasteiger partial charge is 0.261 e. The molecular formula is C18H21N3O3S. The maximum absolute atomic E-state index is 12.3. The number of carbonyl (C=O) groups excluding carboxylic acids is 3. The predicted octanol–water partition coefficient (Wildman–Crippen LogP) is 2.48. The standard InChI is InChI=1S/C18H21N3O3S/c1-12(19-18(24)16-8-5-9-25-16)17(23)20-15-7-4-6-14(10-15)11-21(3)13(2)22/h4-10,12H,11H2,1-3H3,(H,19,24)(H,20,23). The van der Waals surface area contributed by atoms with Crippen molar-refractivity contribution in [3.63, 3.8) is 0 Å². The molecule has 1 atom stereocenters. The molecule has 2 rings (SSSR count). The Morgan fingerprint density at radius 2 is 1.96 bits per heavy atom. The zero-order valence-corrected chi connectivity index (χ0v) is 15.2. The number of hydrogen-bond acceptors (Lipinski definition) is 4. The highest BCUT2D eigenvalue weighted by atomic mass is 32.1. The normalized spacial score (nSPS) is 11.5. The molecule has 1 aromatic carbocycles. The van der Waals surface area contributed by atoms with Gasteiger partial charge < -0.3 is 15.5 Å². The number of thiophene rings is 1. The van der Waals surface area contributed by atoms with Crippen molar-refractivity contribution in [1.29, 1.82) is 0 Å². The molecule has 1 aromatic heterocycles. The van der Waals surface area contributed by atoms with Gasteiger partial charge in [-0.15, -0.1) is 11.3 Å². The molecule has 0 aliphatic rings. The third-order valence-corrected chi connectivity index (χ3v) is 4.51. The van der Waals surface area contributed by atoms with E-state index in [1.807, 2.05) is 23.6 Å². The van der Waals surface area contributed by atoms with E-state index in [4.69, 9.17) is 0 Å². The van der Waals surface area contributed by atoms with Crippen molar-refractivity contribution < 1.29 is 14.4 Å². The van der Waals surface area contributed by atoms with Gasteiger partial charge in [-0.05, 0) is 36.1 Å². The Morgan fingerprint density at radius 3 is 2.60 bits per heavy atom. The average Bonchev–Trinajstić information content (AvgIpc) is 3.09. The zero-order valence-electron chi connectivity index (χ0n) is 14.4. The molecule has 6 nitrogen and oxygen atoms in total. The van der Waals surface area contributed by atoms with Gasteiger partial charge in [0.1, 0.15) is 6.04 Å². The molecule has 0 aliphatic heterocycles. The van der Waals surface area contributed by atoms with Crippen molar-refractivity contribution >= 4 is 34.7 Å². The Bertz CT molecular complexity index is 759. The van der Waals surface area contributed by atoms with Crippen LogP contribution in [0.4, 0.5) is 5.69 Å². The highest BCUT2D eigenvalue weighted by molar-refractivity contribution is 7.12. The van der Waals surface area contributed by atoms with Crippen LogP contribution in [0.5, 0.6) is 0 Å². The van der Waals surface area contributed by atoms with Crippen molar-refractivity contribution in [3.05, 3.63) is 52.2 Å². The molecular weight excluding hydrogens is 338 g/mol. The Balaban J connectivity index is 1.95. The van der Waals surface area contributed by atoms with Crippen LogP contribution in [0.3, 0.4) is 0 Å². The van der Waals surface area contributed by atoms with Crippen LogP contribution in [0, 0.1) is 0 Å². The third kappa shape index (κ3) is 5.42. The van der Waals surface area contributed by atoms with Crippen LogP contribution in [0.2, 0.25) is 0 Å². The lowest BCUT2D eigenvalue weighted by Crippen LogP contribution is -2.41. The van der Waals surface area contributed by atoms with E-state index in [1.54, 1.807) is 37.1 Å². The van der Waals surface area contributed by atoms with Crippen LogP contribution in [-0.2, 0) is 16.1 Å². The van der Waals surface area contributed by atoms with E-state index >= 15 is 0 Å². The SMILES string of the molecule is CC(=O)N(C)Cc1cccc(NC(=O)C(C)NC(=O)c2cccs2)c1. The van der Waals surface area contributed by atoms with E-state index in [9.17, 15) is 14.4 Å². The molecule has 25 heavy (non-hydrogen) atoms. The Hall–Kier alpha value is -2.67. The Kier molecular flexibility index (Phi) is 6.30. The molecule has 0 bridgehead atoms. The topological polar surface area (TPSA) is 78.5 Å². The lowest BCUT2D eigenvalue weighted by atomic mass is 10.2. The van der Waals surface area contributed by atoms with E-state index < -0.39 is 6.04 Å². The number of hydrogen-bond donors (Lipinski definition) is 2. The number of carbonyl (C=O) groups is 3. The molecule has 0 fully saturated rings. The first-order chi connectivity index (χ1) is 11.9. The lowest BCUT2D eigenvalue weighted by Gasteiger charge is -2.16. The fraction of sp³-hybridized carbons (Fsp3) is 0.278. The number of rotatable bonds is 6. The second-order valence-corrected chi connectivity index (χ2v) is 6.68. The van der Waals surface area contributed by atoms with Crippen LogP contribution in [0.1, 0.15) is 29.1 Å². The van der Waals surface area contributed by atoms with E-state index in [2.05, 4.69) is 10.6 Å². The third-order valence-electron chi connectivity index (χ3n) is 3.64.